The average molecular weight is 461 g/mol. The minimum Gasteiger partial charge on any atom is -0.379 e. The zero-order valence-electron chi connectivity index (χ0n) is 15.5. The van der Waals surface area contributed by atoms with Crippen LogP contribution in [0.1, 0.15) is 16.6 Å². The summed E-state index contributed by atoms with van der Waals surface area (Å²) in [4.78, 5) is 10.4. The van der Waals surface area contributed by atoms with Crippen molar-refractivity contribution >= 4 is 28.8 Å². The molecule has 1 N–H and O–H groups in total. The fourth-order valence-electron chi connectivity index (χ4n) is 3.43. The molecule has 4 rings (SSSR count). The molecule has 1 unspecified atom stereocenters. The van der Waals surface area contributed by atoms with Crippen LogP contribution in [0.25, 0.3) is 0 Å². The maximum absolute atomic E-state index is 14.2. The molecule has 2 aliphatic heterocycles. The summed E-state index contributed by atoms with van der Waals surface area (Å²) in [7, 11) is 0. The fourth-order valence-corrected chi connectivity index (χ4v) is 4.29. The first-order valence-corrected chi connectivity index (χ1v) is 10.4. The normalized spacial score (nSPS) is 20.8. The number of nitrogens with one attached hydrogen (secondary N) is 1. The number of aliphatic imine (C=N–C) groups is 1. The molecule has 0 saturated carbocycles. The van der Waals surface area contributed by atoms with Crippen molar-refractivity contribution in [2.24, 2.45) is 4.99 Å². The van der Waals surface area contributed by atoms with E-state index in [9.17, 15) is 17.6 Å². The second-order valence-corrected chi connectivity index (χ2v) is 8.09. The van der Waals surface area contributed by atoms with E-state index in [2.05, 4.69) is 15.3 Å². The van der Waals surface area contributed by atoms with Gasteiger partial charge in [0.2, 0.25) is 0 Å². The Balaban J connectivity index is 1.82. The lowest BCUT2D eigenvalue weighted by molar-refractivity contribution is -0.0975. The van der Waals surface area contributed by atoms with Gasteiger partial charge in [-0.05, 0) is 17.7 Å². The van der Waals surface area contributed by atoms with E-state index in [1.54, 1.807) is 11.6 Å². The van der Waals surface area contributed by atoms with Crippen molar-refractivity contribution in [2.75, 3.05) is 32.8 Å². The number of halogens is 5. The lowest BCUT2D eigenvalue weighted by Crippen LogP contribution is -2.44. The Hall–Kier alpha value is -2.01. The van der Waals surface area contributed by atoms with Crippen LogP contribution >= 0.6 is 22.9 Å². The zero-order valence-corrected chi connectivity index (χ0v) is 17.1. The molecule has 1 fully saturated rings. The van der Waals surface area contributed by atoms with E-state index in [-0.39, 0.29) is 28.7 Å². The van der Waals surface area contributed by atoms with E-state index < -0.39 is 23.6 Å². The van der Waals surface area contributed by atoms with Gasteiger partial charge in [-0.2, -0.15) is 13.2 Å². The Morgan fingerprint density at radius 2 is 2.03 bits per heavy atom. The van der Waals surface area contributed by atoms with Crippen molar-refractivity contribution < 1.29 is 22.3 Å². The second kappa shape index (κ2) is 8.62. The molecule has 30 heavy (non-hydrogen) atoms. The van der Waals surface area contributed by atoms with Crippen LogP contribution in [0.5, 0.6) is 0 Å². The van der Waals surface area contributed by atoms with E-state index in [1.165, 1.54) is 17.4 Å². The Bertz CT molecular complexity index is 971. The SMILES string of the molecule is Fc1ccc(C2N=C(c3nccs3)NC(CN3CCOCC3)=C2C(F)(F)F)c(Cl)c1. The number of nitrogens with zero attached hydrogens (tertiary/aromatic N) is 3. The third-order valence-electron chi connectivity index (χ3n) is 4.81. The van der Waals surface area contributed by atoms with Crippen LogP contribution in [0.15, 0.2) is 46.0 Å². The highest BCUT2D eigenvalue weighted by molar-refractivity contribution is 7.11. The van der Waals surface area contributed by atoms with Crippen LogP contribution in [0, 0.1) is 5.82 Å². The molecule has 3 heterocycles. The smallest absolute Gasteiger partial charge is 0.379 e. The number of aromatic nitrogens is 1. The highest BCUT2D eigenvalue weighted by atomic mass is 35.5. The van der Waals surface area contributed by atoms with Crippen molar-refractivity contribution in [2.45, 2.75) is 12.2 Å². The Labute approximate surface area is 179 Å². The van der Waals surface area contributed by atoms with Gasteiger partial charge < -0.3 is 10.1 Å². The first-order chi connectivity index (χ1) is 14.3. The lowest BCUT2D eigenvalue weighted by atomic mass is 9.94. The summed E-state index contributed by atoms with van der Waals surface area (Å²) in [5, 5.41) is 4.90. The van der Waals surface area contributed by atoms with E-state index >= 15 is 0 Å². The Morgan fingerprint density at radius 1 is 1.27 bits per heavy atom. The van der Waals surface area contributed by atoms with Gasteiger partial charge in [0.25, 0.3) is 0 Å². The number of benzene rings is 1. The maximum Gasteiger partial charge on any atom is 0.416 e. The molecule has 1 aromatic heterocycles. The molecule has 0 spiro atoms. The summed E-state index contributed by atoms with van der Waals surface area (Å²) in [6.07, 6.45) is -3.12. The Kier molecular flexibility index (Phi) is 6.10. The van der Waals surface area contributed by atoms with Crippen molar-refractivity contribution in [3.63, 3.8) is 0 Å². The number of morpholine rings is 1. The van der Waals surface area contributed by atoms with Crippen LogP contribution < -0.4 is 5.32 Å². The second-order valence-electron chi connectivity index (χ2n) is 6.79. The van der Waals surface area contributed by atoms with Gasteiger partial charge in [0.05, 0.1) is 18.8 Å². The number of amidine groups is 1. The van der Waals surface area contributed by atoms with Crippen LogP contribution in [0.3, 0.4) is 0 Å². The van der Waals surface area contributed by atoms with E-state index in [4.69, 9.17) is 16.3 Å². The van der Waals surface area contributed by atoms with Gasteiger partial charge >= 0.3 is 6.18 Å². The molecule has 11 heteroatoms. The molecule has 2 aliphatic rings. The monoisotopic (exact) mass is 460 g/mol. The number of alkyl halides is 3. The highest BCUT2D eigenvalue weighted by Crippen LogP contribution is 2.44. The van der Waals surface area contributed by atoms with E-state index in [1.807, 2.05) is 4.90 Å². The largest absolute Gasteiger partial charge is 0.416 e. The van der Waals surface area contributed by atoms with Crippen LogP contribution in [0.4, 0.5) is 17.6 Å². The van der Waals surface area contributed by atoms with E-state index in [0.717, 1.165) is 12.1 Å². The molecular formula is C19H17ClF4N4OS. The summed E-state index contributed by atoms with van der Waals surface area (Å²) < 4.78 is 61.5. The lowest BCUT2D eigenvalue weighted by Gasteiger charge is -2.33. The van der Waals surface area contributed by atoms with Gasteiger partial charge in [-0.25, -0.2) is 9.37 Å². The molecule has 0 aliphatic carbocycles. The van der Waals surface area contributed by atoms with Gasteiger partial charge in [-0.15, -0.1) is 11.3 Å². The first-order valence-electron chi connectivity index (χ1n) is 9.13. The molecule has 1 aromatic carbocycles. The van der Waals surface area contributed by atoms with Gasteiger partial charge in [0.1, 0.15) is 11.9 Å². The quantitative estimate of drug-likeness (QED) is 0.696. The summed E-state index contributed by atoms with van der Waals surface area (Å²) in [6, 6.07) is 1.88. The maximum atomic E-state index is 14.2. The molecule has 5 nitrogen and oxygen atoms in total. The minimum atomic E-state index is -4.67. The van der Waals surface area contributed by atoms with Crippen LogP contribution in [0.2, 0.25) is 5.02 Å². The molecule has 1 saturated heterocycles. The molecule has 0 amide bonds. The van der Waals surface area contributed by atoms with Crippen molar-refractivity contribution in [1.82, 2.24) is 15.2 Å². The summed E-state index contributed by atoms with van der Waals surface area (Å²) >= 11 is 7.39. The minimum absolute atomic E-state index is 0.0185. The van der Waals surface area contributed by atoms with Crippen molar-refractivity contribution in [3.8, 4) is 0 Å². The topological polar surface area (TPSA) is 49.8 Å². The number of hydrogen-bond acceptors (Lipinski definition) is 6. The molecule has 0 bridgehead atoms. The van der Waals surface area contributed by atoms with Crippen LogP contribution in [-0.2, 0) is 4.74 Å². The third-order valence-corrected chi connectivity index (χ3v) is 5.92. The predicted octanol–water partition coefficient (Wildman–Crippen LogP) is 4.18. The van der Waals surface area contributed by atoms with E-state index in [0.29, 0.717) is 31.3 Å². The number of rotatable bonds is 4. The number of ether oxygens (including phenoxy) is 1. The summed E-state index contributed by atoms with van der Waals surface area (Å²) in [6.45, 7) is 1.98. The van der Waals surface area contributed by atoms with Crippen molar-refractivity contribution in [3.05, 3.63) is 62.5 Å². The molecule has 160 valence electrons. The third kappa shape index (κ3) is 4.51. The van der Waals surface area contributed by atoms with Gasteiger partial charge in [-0.3, -0.25) is 9.89 Å². The molecule has 0 radical (unpaired) electrons. The van der Waals surface area contributed by atoms with Gasteiger partial charge in [-0.1, -0.05) is 17.7 Å². The highest BCUT2D eigenvalue weighted by Gasteiger charge is 2.45. The summed E-state index contributed by atoms with van der Waals surface area (Å²) in [5.74, 6) is -0.403. The first kappa shape index (κ1) is 21.2. The predicted molar refractivity (Wildman–Crippen MR) is 106 cm³/mol. The van der Waals surface area contributed by atoms with Gasteiger partial charge in [0.15, 0.2) is 10.8 Å². The fraction of sp³-hybridized carbons (Fsp3) is 0.368. The number of hydrogen-bond donors (Lipinski definition) is 1. The standard InChI is InChI=1S/C19H17ClF4N4OS/c20-13-9-11(21)1-2-12(13)16-15(19(22,23)24)14(10-28-4-6-29-7-5-28)26-17(27-16)18-25-3-8-30-18/h1-3,8-9,16H,4-7,10H2,(H,26,27). The number of thiazole rings is 1. The molecule has 2 aromatic rings. The van der Waals surface area contributed by atoms with Gasteiger partial charge in [0, 0.05) is 41.9 Å². The Morgan fingerprint density at radius 3 is 2.67 bits per heavy atom. The summed E-state index contributed by atoms with van der Waals surface area (Å²) in [5.41, 5.74) is -0.779. The molecule has 1 atom stereocenters. The van der Waals surface area contributed by atoms with Crippen LogP contribution in [-0.4, -0.2) is 54.7 Å². The van der Waals surface area contributed by atoms with Crippen molar-refractivity contribution in [1.29, 1.82) is 0 Å². The molecular weight excluding hydrogens is 444 g/mol. The zero-order chi connectivity index (χ0) is 21.3. The average Bonchev–Trinajstić information content (AvgIpc) is 3.22.